The summed E-state index contributed by atoms with van der Waals surface area (Å²) in [5.41, 5.74) is 0.821. The van der Waals surface area contributed by atoms with E-state index in [4.69, 9.17) is 14.2 Å². The SMILES string of the molecule is COC(=O)OC(C)OC(=O)[C@@H]1N2C(=O)[C@@H](NC(=O)OCc3ccccc3)[C@H]2SC1(C)C. The van der Waals surface area contributed by atoms with Crippen LogP contribution in [0.4, 0.5) is 9.59 Å². The van der Waals surface area contributed by atoms with E-state index in [1.54, 1.807) is 13.8 Å². The molecule has 2 aliphatic rings. The summed E-state index contributed by atoms with van der Waals surface area (Å²) in [6.07, 6.45) is -2.89. The average Bonchev–Trinajstić information content (AvgIpc) is 2.98. The summed E-state index contributed by atoms with van der Waals surface area (Å²) in [6, 6.07) is 7.44. The number of amides is 2. The first-order valence-electron chi connectivity index (χ1n) is 9.56. The fourth-order valence-electron chi connectivity index (χ4n) is 3.45. The first kappa shape index (κ1) is 22.7. The minimum absolute atomic E-state index is 0.0770. The van der Waals surface area contributed by atoms with Crippen LogP contribution in [0, 0.1) is 0 Å². The molecular weight excluding hydrogens is 428 g/mol. The number of β-lactam (4-membered cyclic amide) rings is 1. The number of ether oxygens (including phenoxy) is 4. The highest BCUT2D eigenvalue weighted by Gasteiger charge is 2.64. The molecule has 4 atom stereocenters. The van der Waals surface area contributed by atoms with Crippen LogP contribution in [-0.4, -0.2) is 64.6 Å². The maximum absolute atomic E-state index is 12.7. The van der Waals surface area contributed by atoms with Crippen molar-refractivity contribution >= 4 is 35.9 Å². The third kappa shape index (κ3) is 4.87. The number of methoxy groups -OCH3 is 1. The summed E-state index contributed by atoms with van der Waals surface area (Å²) in [6.45, 7) is 5.04. The van der Waals surface area contributed by atoms with Gasteiger partial charge in [0.2, 0.25) is 12.2 Å². The van der Waals surface area contributed by atoms with Crippen LogP contribution in [0.25, 0.3) is 0 Å². The Bertz CT molecular complexity index is 862. The molecule has 1 aromatic rings. The van der Waals surface area contributed by atoms with Gasteiger partial charge in [-0.2, -0.15) is 0 Å². The third-order valence-corrected chi connectivity index (χ3v) is 6.43. The fraction of sp³-hybridized carbons (Fsp3) is 0.500. The third-order valence-electron chi connectivity index (χ3n) is 4.86. The zero-order valence-electron chi connectivity index (χ0n) is 17.5. The molecule has 1 aromatic carbocycles. The van der Waals surface area contributed by atoms with Crippen LogP contribution < -0.4 is 5.32 Å². The van der Waals surface area contributed by atoms with Crippen molar-refractivity contribution in [3.05, 3.63) is 35.9 Å². The number of thioether (sulfide) groups is 1. The van der Waals surface area contributed by atoms with Gasteiger partial charge in [-0.15, -0.1) is 11.8 Å². The highest BCUT2D eigenvalue weighted by molar-refractivity contribution is 8.01. The molecule has 0 spiro atoms. The van der Waals surface area contributed by atoms with Crippen molar-refractivity contribution in [2.24, 2.45) is 0 Å². The summed E-state index contributed by atoms with van der Waals surface area (Å²) in [5, 5.41) is 2.12. The van der Waals surface area contributed by atoms with Crippen molar-refractivity contribution in [3.63, 3.8) is 0 Å². The smallest absolute Gasteiger partial charge is 0.445 e. The molecule has 1 N–H and O–H groups in total. The number of hydrogen-bond donors (Lipinski definition) is 1. The second-order valence-electron chi connectivity index (χ2n) is 7.52. The largest absolute Gasteiger partial charge is 0.511 e. The predicted molar refractivity (Wildman–Crippen MR) is 109 cm³/mol. The zero-order chi connectivity index (χ0) is 22.8. The van der Waals surface area contributed by atoms with Gasteiger partial charge in [0.05, 0.1) is 7.11 Å². The molecule has 0 aromatic heterocycles. The molecule has 2 heterocycles. The molecule has 0 radical (unpaired) electrons. The van der Waals surface area contributed by atoms with Gasteiger partial charge in [-0.3, -0.25) is 4.79 Å². The molecule has 0 saturated carbocycles. The molecule has 2 amide bonds. The van der Waals surface area contributed by atoms with Gasteiger partial charge in [0, 0.05) is 11.7 Å². The molecule has 2 fully saturated rings. The summed E-state index contributed by atoms with van der Waals surface area (Å²) >= 11 is 1.37. The highest BCUT2D eigenvalue weighted by atomic mass is 32.2. The Morgan fingerprint density at radius 3 is 2.52 bits per heavy atom. The Morgan fingerprint density at radius 2 is 1.87 bits per heavy atom. The molecule has 11 heteroatoms. The minimum atomic E-state index is -1.18. The number of fused-ring (bicyclic) bond motifs is 1. The van der Waals surface area contributed by atoms with Crippen LogP contribution in [-0.2, 0) is 35.1 Å². The van der Waals surface area contributed by atoms with Crippen LogP contribution in [0.5, 0.6) is 0 Å². The lowest BCUT2D eigenvalue weighted by atomic mass is 9.96. The van der Waals surface area contributed by atoms with E-state index in [-0.39, 0.29) is 6.61 Å². The maximum atomic E-state index is 12.7. The lowest BCUT2D eigenvalue weighted by Gasteiger charge is -2.43. The first-order chi connectivity index (χ1) is 14.6. The van der Waals surface area contributed by atoms with Gasteiger partial charge in [0.1, 0.15) is 24.1 Å². The van der Waals surface area contributed by atoms with Crippen LogP contribution in [0.3, 0.4) is 0 Å². The van der Waals surface area contributed by atoms with Gasteiger partial charge < -0.3 is 29.2 Å². The van der Waals surface area contributed by atoms with Crippen molar-refractivity contribution in [1.82, 2.24) is 10.2 Å². The van der Waals surface area contributed by atoms with Crippen molar-refractivity contribution in [3.8, 4) is 0 Å². The number of carbonyl (C=O) groups is 4. The normalized spacial score (nSPS) is 24.3. The van der Waals surface area contributed by atoms with Gasteiger partial charge in [0.25, 0.3) is 0 Å². The summed E-state index contributed by atoms with van der Waals surface area (Å²) in [4.78, 5) is 50.1. The molecule has 10 nitrogen and oxygen atoms in total. The van der Waals surface area contributed by atoms with E-state index in [1.807, 2.05) is 30.3 Å². The first-order valence-corrected chi connectivity index (χ1v) is 10.4. The highest BCUT2D eigenvalue weighted by Crippen LogP contribution is 2.51. The summed E-state index contributed by atoms with van der Waals surface area (Å²) in [5.74, 6) is -1.13. The number of alkyl carbamates (subject to hydrolysis) is 1. The van der Waals surface area contributed by atoms with E-state index in [1.165, 1.54) is 23.6 Å². The maximum Gasteiger partial charge on any atom is 0.511 e. The molecule has 168 valence electrons. The van der Waals surface area contributed by atoms with Crippen LogP contribution in [0.2, 0.25) is 0 Å². The van der Waals surface area contributed by atoms with Crippen LogP contribution in [0.15, 0.2) is 30.3 Å². The molecule has 0 aliphatic carbocycles. The fourth-order valence-corrected chi connectivity index (χ4v) is 5.07. The Hall–Kier alpha value is -2.95. The zero-order valence-corrected chi connectivity index (χ0v) is 18.3. The standard InChI is InChI=1S/C20H24N2O8S/c1-11(30-19(26)27-4)29-17(24)14-20(2,3)31-16-13(15(23)22(14)16)21-18(25)28-10-12-8-6-5-7-9-12/h5-9,11,13-14,16H,10H2,1-4H3,(H,21,25)/t11?,13-,14+,16-/m1/s1. The van der Waals surface area contributed by atoms with Crippen LogP contribution >= 0.6 is 11.8 Å². The van der Waals surface area contributed by atoms with Gasteiger partial charge >= 0.3 is 18.2 Å². The van der Waals surface area contributed by atoms with Gasteiger partial charge in [0.15, 0.2) is 0 Å². The number of nitrogens with one attached hydrogen (secondary N) is 1. The monoisotopic (exact) mass is 452 g/mol. The number of carbonyl (C=O) groups excluding carboxylic acids is 4. The number of rotatable bonds is 6. The number of esters is 1. The molecule has 3 rings (SSSR count). The van der Waals surface area contributed by atoms with Gasteiger partial charge in [-0.1, -0.05) is 30.3 Å². The lowest BCUT2D eigenvalue weighted by molar-refractivity contribution is -0.180. The Labute approximate surface area is 183 Å². The van der Waals surface area contributed by atoms with Crippen molar-refractivity contribution in [1.29, 1.82) is 0 Å². The lowest BCUT2D eigenvalue weighted by Crippen LogP contribution is -2.70. The Kier molecular flexibility index (Phi) is 6.63. The molecule has 31 heavy (non-hydrogen) atoms. The number of hydrogen-bond acceptors (Lipinski definition) is 9. The summed E-state index contributed by atoms with van der Waals surface area (Å²) in [7, 11) is 1.13. The van der Waals surface area contributed by atoms with Crippen molar-refractivity contribution < 1.29 is 38.1 Å². The predicted octanol–water partition coefficient (Wildman–Crippen LogP) is 2.02. The molecule has 1 unspecified atom stereocenters. The molecular formula is C20H24N2O8S. The minimum Gasteiger partial charge on any atom is -0.445 e. The molecule has 2 saturated heterocycles. The average molecular weight is 452 g/mol. The Morgan fingerprint density at radius 1 is 1.19 bits per heavy atom. The van der Waals surface area contributed by atoms with E-state index < -0.39 is 52.6 Å². The second-order valence-corrected chi connectivity index (χ2v) is 9.29. The van der Waals surface area contributed by atoms with E-state index in [2.05, 4.69) is 10.1 Å². The quantitative estimate of drug-likeness (QED) is 0.299. The Balaban J connectivity index is 1.58. The van der Waals surface area contributed by atoms with Gasteiger partial charge in [-0.05, 0) is 19.4 Å². The molecule has 2 aliphatic heterocycles. The number of benzene rings is 1. The van der Waals surface area contributed by atoms with E-state index >= 15 is 0 Å². The second kappa shape index (κ2) is 9.04. The summed E-state index contributed by atoms with van der Waals surface area (Å²) < 4.78 is 18.8. The molecule has 0 bridgehead atoms. The van der Waals surface area contributed by atoms with E-state index in [0.717, 1.165) is 12.7 Å². The van der Waals surface area contributed by atoms with E-state index in [0.29, 0.717) is 0 Å². The van der Waals surface area contributed by atoms with Crippen LogP contribution in [0.1, 0.15) is 26.3 Å². The van der Waals surface area contributed by atoms with Gasteiger partial charge in [-0.25, -0.2) is 14.4 Å². The number of nitrogens with zero attached hydrogens (tertiary/aromatic N) is 1. The topological polar surface area (TPSA) is 120 Å². The van der Waals surface area contributed by atoms with Crippen molar-refractivity contribution in [2.75, 3.05) is 7.11 Å². The van der Waals surface area contributed by atoms with E-state index in [9.17, 15) is 19.2 Å². The van der Waals surface area contributed by atoms with Crippen molar-refractivity contribution in [2.45, 2.75) is 55.9 Å².